The SMILES string of the molecule is C=C1C=CC(CNC(=O)Nc2ccc(S(=O)(=O)N3C4CCC3COC4)cc2)=CN1C=CC. The van der Waals surface area contributed by atoms with E-state index in [0.717, 1.165) is 24.1 Å². The summed E-state index contributed by atoms with van der Waals surface area (Å²) in [5, 5.41) is 5.54. The van der Waals surface area contributed by atoms with Gasteiger partial charge in [0.05, 0.1) is 18.1 Å². The Balaban J connectivity index is 1.35. The number of fused-ring (bicyclic) bond motifs is 2. The maximum atomic E-state index is 13.1. The number of benzene rings is 1. The van der Waals surface area contributed by atoms with Crippen LogP contribution < -0.4 is 10.6 Å². The molecule has 4 rings (SSSR count). The predicted octanol–water partition coefficient (Wildman–Crippen LogP) is 3.16. The number of nitrogens with zero attached hydrogens (tertiary/aromatic N) is 2. The molecule has 8 nitrogen and oxygen atoms in total. The van der Waals surface area contributed by atoms with Crippen LogP contribution in [0.5, 0.6) is 0 Å². The van der Waals surface area contributed by atoms with Gasteiger partial charge >= 0.3 is 6.03 Å². The monoisotopic (exact) mass is 456 g/mol. The molecule has 0 saturated carbocycles. The smallest absolute Gasteiger partial charge is 0.319 e. The van der Waals surface area contributed by atoms with Gasteiger partial charge in [-0.05, 0) is 55.7 Å². The summed E-state index contributed by atoms with van der Waals surface area (Å²) < 4.78 is 33.3. The summed E-state index contributed by atoms with van der Waals surface area (Å²) in [5.41, 5.74) is 2.28. The highest BCUT2D eigenvalue weighted by atomic mass is 32.2. The molecule has 2 N–H and O–H groups in total. The normalized spacial score (nSPS) is 23.5. The number of ether oxygens (including phenoxy) is 1. The van der Waals surface area contributed by atoms with Crippen LogP contribution >= 0.6 is 0 Å². The second-order valence-electron chi connectivity index (χ2n) is 8.01. The average Bonchev–Trinajstić information content (AvgIpc) is 3.05. The lowest BCUT2D eigenvalue weighted by Crippen LogP contribution is -2.48. The van der Waals surface area contributed by atoms with E-state index in [0.29, 0.717) is 25.4 Å². The van der Waals surface area contributed by atoms with Crippen molar-refractivity contribution in [2.24, 2.45) is 0 Å². The van der Waals surface area contributed by atoms with E-state index in [9.17, 15) is 13.2 Å². The first kappa shape index (κ1) is 22.3. The molecule has 2 amide bonds. The van der Waals surface area contributed by atoms with Gasteiger partial charge in [0, 0.05) is 42.4 Å². The minimum absolute atomic E-state index is 0.0913. The van der Waals surface area contributed by atoms with Crippen LogP contribution in [0.3, 0.4) is 0 Å². The summed E-state index contributed by atoms with van der Waals surface area (Å²) in [6.07, 6.45) is 11.2. The first-order chi connectivity index (χ1) is 15.4. The fourth-order valence-electron chi connectivity index (χ4n) is 4.17. The molecular formula is C23H28N4O4S. The van der Waals surface area contributed by atoms with Gasteiger partial charge in [0.1, 0.15) is 0 Å². The molecule has 2 saturated heterocycles. The van der Waals surface area contributed by atoms with Crippen LogP contribution in [0.2, 0.25) is 0 Å². The number of carbonyl (C=O) groups excluding carboxylic acids is 1. The molecular weight excluding hydrogens is 428 g/mol. The Morgan fingerprint density at radius 3 is 2.53 bits per heavy atom. The molecule has 3 aliphatic rings. The lowest BCUT2D eigenvalue weighted by Gasteiger charge is -2.33. The summed E-state index contributed by atoms with van der Waals surface area (Å²) in [7, 11) is -3.59. The van der Waals surface area contributed by atoms with Crippen molar-refractivity contribution in [2.45, 2.75) is 36.7 Å². The van der Waals surface area contributed by atoms with Crippen LogP contribution in [0.15, 0.2) is 77.6 Å². The number of anilines is 1. The van der Waals surface area contributed by atoms with E-state index in [-0.39, 0.29) is 23.0 Å². The number of hydrogen-bond acceptors (Lipinski definition) is 5. The number of nitrogens with one attached hydrogen (secondary N) is 2. The molecule has 32 heavy (non-hydrogen) atoms. The summed E-state index contributed by atoms with van der Waals surface area (Å²) in [4.78, 5) is 14.4. The van der Waals surface area contributed by atoms with Gasteiger partial charge in [-0.3, -0.25) is 0 Å². The topological polar surface area (TPSA) is 91.0 Å². The van der Waals surface area contributed by atoms with Gasteiger partial charge in [0.25, 0.3) is 0 Å². The van der Waals surface area contributed by atoms with Crippen molar-refractivity contribution < 1.29 is 17.9 Å². The van der Waals surface area contributed by atoms with Gasteiger partial charge in [0.15, 0.2) is 0 Å². The molecule has 1 aromatic carbocycles. The molecule has 0 aromatic heterocycles. The highest BCUT2D eigenvalue weighted by molar-refractivity contribution is 7.89. The highest BCUT2D eigenvalue weighted by Gasteiger charge is 2.44. The fourth-order valence-corrected chi connectivity index (χ4v) is 6.01. The second-order valence-corrected chi connectivity index (χ2v) is 9.85. The third-order valence-corrected chi connectivity index (χ3v) is 7.77. The van der Waals surface area contributed by atoms with E-state index in [1.165, 1.54) is 12.1 Å². The Labute approximate surface area is 189 Å². The van der Waals surface area contributed by atoms with Crippen LogP contribution in [-0.2, 0) is 14.8 Å². The molecule has 2 atom stereocenters. The Morgan fingerprint density at radius 2 is 1.88 bits per heavy atom. The molecule has 3 aliphatic heterocycles. The summed E-state index contributed by atoms with van der Waals surface area (Å²) in [5.74, 6) is 0. The van der Waals surface area contributed by atoms with Crippen molar-refractivity contribution in [3.8, 4) is 0 Å². The zero-order valence-electron chi connectivity index (χ0n) is 18.0. The van der Waals surface area contributed by atoms with Crippen LogP contribution in [-0.4, -0.2) is 55.5 Å². The summed E-state index contributed by atoms with van der Waals surface area (Å²) in [6.45, 7) is 7.12. The number of rotatable bonds is 6. The lowest BCUT2D eigenvalue weighted by molar-refractivity contribution is 0.0269. The fraction of sp³-hybridized carbons (Fsp3) is 0.348. The maximum Gasteiger partial charge on any atom is 0.319 e. The van der Waals surface area contributed by atoms with E-state index < -0.39 is 10.0 Å². The minimum Gasteiger partial charge on any atom is -0.378 e. The van der Waals surface area contributed by atoms with Gasteiger partial charge in [-0.15, -0.1) is 0 Å². The predicted molar refractivity (Wildman–Crippen MR) is 123 cm³/mol. The van der Waals surface area contributed by atoms with E-state index in [2.05, 4.69) is 17.2 Å². The number of amides is 2. The molecule has 2 fully saturated rings. The van der Waals surface area contributed by atoms with Crippen molar-refractivity contribution >= 4 is 21.7 Å². The maximum absolute atomic E-state index is 13.1. The molecule has 2 bridgehead atoms. The van der Waals surface area contributed by atoms with E-state index >= 15 is 0 Å². The molecule has 0 radical (unpaired) electrons. The summed E-state index contributed by atoms with van der Waals surface area (Å²) >= 11 is 0. The second kappa shape index (κ2) is 9.32. The largest absolute Gasteiger partial charge is 0.378 e. The zero-order valence-corrected chi connectivity index (χ0v) is 18.8. The van der Waals surface area contributed by atoms with Crippen molar-refractivity contribution in [2.75, 3.05) is 25.1 Å². The van der Waals surface area contributed by atoms with Gasteiger partial charge in [-0.2, -0.15) is 4.31 Å². The minimum atomic E-state index is -3.59. The number of sulfonamides is 1. The standard InChI is InChI=1S/C23H28N4O4S/c1-3-12-26-14-18(5-4-17(26)2)13-24-23(28)25-19-6-10-22(11-7-19)32(29,30)27-20-8-9-21(27)16-31-15-20/h3-7,10-12,14,20-21H,2,8-9,13,15-16H2,1H3,(H2,24,25,28). The molecule has 3 heterocycles. The number of carbonyl (C=O) groups is 1. The van der Waals surface area contributed by atoms with Gasteiger partial charge in [-0.25, -0.2) is 13.2 Å². The van der Waals surface area contributed by atoms with Crippen LogP contribution in [0.4, 0.5) is 10.5 Å². The van der Waals surface area contributed by atoms with Gasteiger partial charge in [-0.1, -0.05) is 18.7 Å². The molecule has 0 spiro atoms. The number of allylic oxidation sites excluding steroid dienone is 2. The van der Waals surface area contributed by atoms with Crippen LogP contribution in [0.25, 0.3) is 0 Å². The third-order valence-electron chi connectivity index (χ3n) is 5.75. The quantitative estimate of drug-likeness (QED) is 0.686. The number of urea groups is 1. The molecule has 2 unspecified atom stereocenters. The molecule has 1 aromatic rings. The number of hydrogen-bond donors (Lipinski definition) is 2. The third kappa shape index (κ3) is 4.64. The summed E-state index contributed by atoms with van der Waals surface area (Å²) in [6, 6.07) is 5.72. The molecule has 0 aliphatic carbocycles. The van der Waals surface area contributed by atoms with Crippen LogP contribution in [0, 0.1) is 0 Å². The highest BCUT2D eigenvalue weighted by Crippen LogP contribution is 2.34. The average molecular weight is 457 g/mol. The van der Waals surface area contributed by atoms with E-state index in [4.69, 9.17) is 4.74 Å². The van der Waals surface area contributed by atoms with Crippen molar-refractivity contribution in [1.82, 2.24) is 14.5 Å². The Bertz CT molecular complexity index is 1060. The van der Waals surface area contributed by atoms with Gasteiger partial charge in [0.2, 0.25) is 10.0 Å². The van der Waals surface area contributed by atoms with Crippen molar-refractivity contribution in [1.29, 1.82) is 0 Å². The molecule has 170 valence electrons. The first-order valence-electron chi connectivity index (χ1n) is 10.6. The first-order valence-corrected chi connectivity index (χ1v) is 12.1. The zero-order chi connectivity index (χ0) is 22.7. The van der Waals surface area contributed by atoms with Crippen LogP contribution in [0.1, 0.15) is 19.8 Å². The Morgan fingerprint density at radius 1 is 1.19 bits per heavy atom. The molecule has 9 heteroatoms. The lowest BCUT2D eigenvalue weighted by atomic mass is 10.2. The van der Waals surface area contributed by atoms with Crippen molar-refractivity contribution in [3.05, 3.63) is 72.7 Å². The van der Waals surface area contributed by atoms with Gasteiger partial charge < -0.3 is 20.3 Å². The number of morpholine rings is 1. The van der Waals surface area contributed by atoms with Crippen molar-refractivity contribution in [3.63, 3.8) is 0 Å². The Kier molecular flexibility index (Phi) is 6.50. The van der Waals surface area contributed by atoms with E-state index in [1.807, 2.05) is 42.5 Å². The van der Waals surface area contributed by atoms with E-state index in [1.54, 1.807) is 16.4 Å². The Hall–Kier alpha value is -2.88.